The lowest BCUT2D eigenvalue weighted by atomic mass is 9.86. The lowest BCUT2D eigenvalue weighted by molar-refractivity contribution is 0.574. The van der Waals surface area contributed by atoms with Crippen molar-refractivity contribution in [3.8, 4) is 0 Å². The van der Waals surface area contributed by atoms with Crippen LogP contribution in [0.4, 0.5) is 4.39 Å². The van der Waals surface area contributed by atoms with E-state index in [-0.39, 0.29) is 17.3 Å². The van der Waals surface area contributed by atoms with E-state index < -0.39 is 0 Å². The van der Waals surface area contributed by atoms with E-state index in [1.54, 1.807) is 12.1 Å². The summed E-state index contributed by atoms with van der Waals surface area (Å²) in [4.78, 5) is 0. The average Bonchev–Trinajstić information content (AvgIpc) is 2.44. The maximum atomic E-state index is 13.4. The topological polar surface area (TPSA) is 12.0 Å². The predicted molar refractivity (Wildman–Crippen MR) is 87.0 cm³/mol. The van der Waals surface area contributed by atoms with E-state index in [2.05, 4.69) is 50.4 Å². The third-order valence-electron chi connectivity index (χ3n) is 3.86. The molecule has 0 amide bonds. The van der Waals surface area contributed by atoms with Crippen molar-refractivity contribution in [2.75, 3.05) is 7.05 Å². The molecule has 2 heteroatoms. The van der Waals surface area contributed by atoms with Crippen LogP contribution in [-0.4, -0.2) is 7.05 Å². The van der Waals surface area contributed by atoms with Crippen LogP contribution in [0, 0.1) is 5.82 Å². The van der Waals surface area contributed by atoms with Crippen molar-refractivity contribution in [3.63, 3.8) is 0 Å². The van der Waals surface area contributed by atoms with Crippen LogP contribution in [0.5, 0.6) is 0 Å². The molecule has 2 aromatic rings. The fraction of sp³-hybridized carbons (Fsp3) is 0.368. The highest BCUT2D eigenvalue weighted by Gasteiger charge is 2.14. The molecule has 112 valence electrons. The summed E-state index contributed by atoms with van der Waals surface area (Å²) in [5.41, 5.74) is 3.74. The van der Waals surface area contributed by atoms with E-state index in [9.17, 15) is 4.39 Å². The predicted octanol–water partition coefficient (Wildman–Crippen LogP) is 4.63. The van der Waals surface area contributed by atoms with Crippen LogP contribution >= 0.6 is 0 Å². The Balaban J connectivity index is 2.15. The fourth-order valence-electron chi connectivity index (χ4n) is 2.49. The van der Waals surface area contributed by atoms with Crippen LogP contribution in [0.2, 0.25) is 0 Å². The van der Waals surface area contributed by atoms with Gasteiger partial charge in [0.05, 0.1) is 0 Å². The highest BCUT2D eigenvalue weighted by molar-refractivity contribution is 5.29. The van der Waals surface area contributed by atoms with E-state index in [1.165, 1.54) is 17.2 Å². The highest BCUT2D eigenvalue weighted by atomic mass is 19.1. The van der Waals surface area contributed by atoms with Gasteiger partial charge in [-0.1, -0.05) is 57.2 Å². The molecule has 0 aliphatic heterocycles. The zero-order valence-electron chi connectivity index (χ0n) is 13.3. The highest BCUT2D eigenvalue weighted by Crippen LogP contribution is 2.24. The second-order valence-corrected chi connectivity index (χ2v) is 6.55. The Hall–Kier alpha value is -1.67. The standard InChI is InChI=1S/C19H24FN/c1-19(2,3)16-10-8-14(9-11-16)12-18(21-4)15-6-5-7-17(20)13-15/h5-11,13,18,21H,12H2,1-4H3. The first-order chi connectivity index (χ1) is 9.90. The Labute approximate surface area is 127 Å². The summed E-state index contributed by atoms with van der Waals surface area (Å²) < 4.78 is 13.4. The second kappa shape index (κ2) is 6.40. The van der Waals surface area contributed by atoms with Gasteiger partial charge in [-0.25, -0.2) is 4.39 Å². The Bertz CT molecular complexity index is 581. The van der Waals surface area contributed by atoms with Crippen LogP contribution < -0.4 is 5.32 Å². The van der Waals surface area contributed by atoms with Crippen molar-refractivity contribution in [2.24, 2.45) is 0 Å². The Morgan fingerprint density at radius 1 is 1.05 bits per heavy atom. The number of halogens is 1. The van der Waals surface area contributed by atoms with E-state index in [1.807, 2.05) is 13.1 Å². The lowest BCUT2D eigenvalue weighted by Gasteiger charge is -2.20. The van der Waals surface area contributed by atoms with Gasteiger partial charge in [0.25, 0.3) is 0 Å². The summed E-state index contributed by atoms with van der Waals surface area (Å²) >= 11 is 0. The molecule has 0 aliphatic rings. The van der Waals surface area contributed by atoms with Crippen LogP contribution in [0.1, 0.15) is 43.5 Å². The van der Waals surface area contributed by atoms with Gasteiger partial charge in [0.15, 0.2) is 0 Å². The van der Waals surface area contributed by atoms with Gasteiger partial charge in [0.1, 0.15) is 5.82 Å². The van der Waals surface area contributed by atoms with Crippen molar-refractivity contribution in [1.29, 1.82) is 0 Å². The van der Waals surface area contributed by atoms with Crippen LogP contribution in [0.3, 0.4) is 0 Å². The Kier molecular flexibility index (Phi) is 4.79. The van der Waals surface area contributed by atoms with Gasteiger partial charge in [0, 0.05) is 6.04 Å². The van der Waals surface area contributed by atoms with Gasteiger partial charge in [-0.05, 0) is 47.7 Å². The van der Waals surface area contributed by atoms with Crippen LogP contribution in [0.15, 0.2) is 48.5 Å². The molecule has 0 radical (unpaired) electrons. The van der Waals surface area contributed by atoms with Gasteiger partial charge in [0.2, 0.25) is 0 Å². The first kappa shape index (κ1) is 15.7. The van der Waals surface area contributed by atoms with Crippen molar-refractivity contribution < 1.29 is 4.39 Å². The number of hydrogen-bond donors (Lipinski definition) is 1. The monoisotopic (exact) mass is 285 g/mol. The molecule has 0 aliphatic carbocycles. The molecule has 0 spiro atoms. The minimum absolute atomic E-state index is 0.126. The minimum Gasteiger partial charge on any atom is -0.313 e. The first-order valence-corrected chi connectivity index (χ1v) is 7.42. The Morgan fingerprint density at radius 2 is 1.71 bits per heavy atom. The van der Waals surface area contributed by atoms with Crippen LogP contribution in [-0.2, 0) is 11.8 Å². The van der Waals surface area contributed by atoms with E-state index in [4.69, 9.17) is 0 Å². The van der Waals surface area contributed by atoms with Gasteiger partial charge >= 0.3 is 0 Å². The largest absolute Gasteiger partial charge is 0.313 e. The molecule has 2 rings (SSSR count). The third kappa shape index (κ3) is 4.15. The zero-order valence-corrected chi connectivity index (χ0v) is 13.3. The lowest BCUT2D eigenvalue weighted by Crippen LogP contribution is -2.19. The first-order valence-electron chi connectivity index (χ1n) is 7.42. The molecule has 1 atom stereocenters. The van der Waals surface area contributed by atoms with Crippen molar-refractivity contribution in [2.45, 2.75) is 38.6 Å². The molecule has 2 aromatic carbocycles. The Morgan fingerprint density at radius 3 is 2.24 bits per heavy atom. The summed E-state index contributed by atoms with van der Waals surface area (Å²) in [7, 11) is 1.92. The summed E-state index contributed by atoms with van der Waals surface area (Å²) in [5.74, 6) is -0.184. The van der Waals surface area contributed by atoms with Gasteiger partial charge in [-0.3, -0.25) is 0 Å². The minimum atomic E-state index is -0.184. The van der Waals surface area contributed by atoms with E-state index >= 15 is 0 Å². The molecule has 1 nitrogen and oxygen atoms in total. The number of rotatable bonds is 4. The molecule has 0 heterocycles. The number of benzene rings is 2. The van der Waals surface area contributed by atoms with Crippen molar-refractivity contribution in [1.82, 2.24) is 5.32 Å². The number of hydrogen-bond acceptors (Lipinski definition) is 1. The molecule has 0 saturated carbocycles. The smallest absolute Gasteiger partial charge is 0.123 e. The second-order valence-electron chi connectivity index (χ2n) is 6.55. The maximum Gasteiger partial charge on any atom is 0.123 e. The van der Waals surface area contributed by atoms with Crippen molar-refractivity contribution >= 4 is 0 Å². The fourth-order valence-corrected chi connectivity index (χ4v) is 2.49. The molecule has 0 saturated heterocycles. The molecular formula is C19H24FN. The molecular weight excluding hydrogens is 261 g/mol. The van der Waals surface area contributed by atoms with Gasteiger partial charge < -0.3 is 5.32 Å². The van der Waals surface area contributed by atoms with Crippen molar-refractivity contribution in [3.05, 3.63) is 71.0 Å². The van der Waals surface area contributed by atoms with Gasteiger partial charge in [-0.2, -0.15) is 0 Å². The van der Waals surface area contributed by atoms with Crippen LogP contribution in [0.25, 0.3) is 0 Å². The van der Waals surface area contributed by atoms with E-state index in [0.717, 1.165) is 12.0 Å². The summed E-state index contributed by atoms with van der Waals surface area (Å²) in [5, 5.41) is 3.27. The molecule has 0 aromatic heterocycles. The third-order valence-corrected chi connectivity index (χ3v) is 3.86. The number of likely N-dealkylation sites (N-methyl/N-ethyl adjacent to an activating group) is 1. The molecule has 0 bridgehead atoms. The zero-order chi connectivity index (χ0) is 15.5. The molecule has 0 fully saturated rings. The quantitative estimate of drug-likeness (QED) is 0.864. The van der Waals surface area contributed by atoms with Gasteiger partial charge in [-0.15, -0.1) is 0 Å². The summed E-state index contributed by atoms with van der Waals surface area (Å²) in [6.45, 7) is 6.64. The maximum absolute atomic E-state index is 13.4. The number of nitrogens with one attached hydrogen (secondary N) is 1. The molecule has 1 N–H and O–H groups in total. The SMILES string of the molecule is CNC(Cc1ccc(C(C)(C)C)cc1)c1cccc(F)c1. The summed E-state index contributed by atoms with van der Waals surface area (Å²) in [6, 6.07) is 15.7. The van der Waals surface area contributed by atoms with E-state index in [0.29, 0.717) is 0 Å². The molecule has 1 unspecified atom stereocenters. The average molecular weight is 285 g/mol. The molecule has 21 heavy (non-hydrogen) atoms. The summed E-state index contributed by atoms with van der Waals surface area (Å²) in [6.07, 6.45) is 0.852. The normalized spacial score (nSPS) is 13.2.